The summed E-state index contributed by atoms with van der Waals surface area (Å²) < 4.78 is 22.5. The molecule has 2 aromatic carbocycles. The van der Waals surface area contributed by atoms with Crippen molar-refractivity contribution in [2.45, 2.75) is 46.8 Å². The average molecular weight is 555 g/mol. The van der Waals surface area contributed by atoms with Gasteiger partial charge in [0.05, 0.1) is 37.1 Å². The van der Waals surface area contributed by atoms with E-state index in [1.54, 1.807) is 44.2 Å². The molecule has 3 N–H and O–H groups in total. The van der Waals surface area contributed by atoms with Crippen molar-refractivity contribution in [1.29, 1.82) is 0 Å². The van der Waals surface area contributed by atoms with Crippen LogP contribution in [0.5, 0.6) is 17.2 Å². The van der Waals surface area contributed by atoms with Gasteiger partial charge in [-0.15, -0.1) is 0 Å². The normalized spacial score (nSPS) is 15.0. The molecular formula is C28H34N4O6S. The van der Waals surface area contributed by atoms with Crippen LogP contribution >= 0.6 is 12.2 Å². The van der Waals surface area contributed by atoms with E-state index in [1.807, 2.05) is 32.9 Å². The van der Waals surface area contributed by atoms with Crippen molar-refractivity contribution in [2.75, 3.05) is 19.8 Å². The highest BCUT2D eigenvalue weighted by Crippen LogP contribution is 2.33. The van der Waals surface area contributed by atoms with E-state index < -0.39 is 17.9 Å². The number of carbonyl (C=O) groups is 2. The van der Waals surface area contributed by atoms with E-state index in [4.69, 9.17) is 31.2 Å². The summed E-state index contributed by atoms with van der Waals surface area (Å²) in [5.41, 5.74) is 4.78. The summed E-state index contributed by atoms with van der Waals surface area (Å²) in [5, 5.41) is 10.4. The second-order valence-corrected chi connectivity index (χ2v) is 9.12. The number of nitrogens with zero attached hydrogens (tertiary/aromatic N) is 1. The number of nitrogens with one attached hydrogen (secondary N) is 3. The molecule has 0 saturated carbocycles. The van der Waals surface area contributed by atoms with Gasteiger partial charge in [0.2, 0.25) is 0 Å². The van der Waals surface area contributed by atoms with Crippen molar-refractivity contribution in [3.05, 3.63) is 64.9 Å². The maximum atomic E-state index is 12.7. The number of hydrazone groups is 1. The topological polar surface area (TPSA) is 120 Å². The van der Waals surface area contributed by atoms with Crippen molar-refractivity contribution in [3.63, 3.8) is 0 Å². The van der Waals surface area contributed by atoms with Crippen LogP contribution in [0.4, 0.5) is 0 Å². The summed E-state index contributed by atoms with van der Waals surface area (Å²) >= 11 is 5.31. The first kappa shape index (κ1) is 29.4. The summed E-state index contributed by atoms with van der Waals surface area (Å²) in [5.74, 6) is 0.715. The molecule has 39 heavy (non-hydrogen) atoms. The predicted octanol–water partition coefficient (Wildman–Crippen LogP) is 3.76. The summed E-state index contributed by atoms with van der Waals surface area (Å²) in [6.07, 6.45) is 1.51. The summed E-state index contributed by atoms with van der Waals surface area (Å²) in [7, 11) is 0. The van der Waals surface area contributed by atoms with Gasteiger partial charge in [-0.3, -0.25) is 4.79 Å². The Morgan fingerprint density at radius 2 is 1.85 bits per heavy atom. The molecular weight excluding hydrogens is 520 g/mol. The van der Waals surface area contributed by atoms with E-state index in [1.165, 1.54) is 6.21 Å². The molecule has 0 fully saturated rings. The number of benzene rings is 2. The van der Waals surface area contributed by atoms with Gasteiger partial charge in [-0.1, -0.05) is 18.2 Å². The van der Waals surface area contributed by atoms with Crippen LogP contribution in [0, 0.1) is 0 Å². The van der Waals surface area contributed by atoms with Gasteiger partial charge in [0, 0.05) is 11.3 Å². The molecule has 1 aliphatic heterocycles. The number of hydrogen-bond donors (Lipinski definition) is 3. The SMILES string of the molecule is CCOC(=O)C1=C(C)NC(=S)N[C@H]1c1ccccc1OCC(=O)NN=Cc1ccc(OC(C)C)c(OCC)c1. The molecule has 0 bridgehead atoms. The molecule has 0 spiro atoms. The van der Waals surface area contributed by atoms with Gasteiger partial charge in [0.25, 0.3) is 5.91 Å². The van der Waals surface area contributed by atoms with Gasteiger partial charge in [-0.05, 0) is 76.7 Å². The van der Waals surface area contributed by atoms with Crippen LogP contribution in [0.2, 0.25) is 0 Å². The Balaban J connectivity index is 1.68. The first-order valence-electron chi connectivity index (χ1n) is 12.7. The Morgan fingerprint density at radius 1 is 1.08 bits per heavy atom. The molecule has 208 valence electrons. The van der Waals surface area contributed by atoms with Gasteiger partial charge < -0.3 is 29.6 Å². The maximum absolute atomic E-state index is 12.7. The van der Waals surface area contributed by atoms with Crippen molar-refractivity contribution in [1.82, 2.24) is 16.1 Å². The highest BCUT2D eigenvalue weighted by Gasteiger charge is 2.32. The number of esters is 1. The smallest absolute Gasteiger partial charge is 0.338 e. The molecule has 1 heterocycles. The number of amides is 1. The van der Waals surface area contributed by atoms with Crippen molar-refractivity contribution < 1.29 is 28.5 Å². The first-order chi connectivity index (χ1) is 18.7. The molecule has 1 aliphatic rings. The molecule has 2 aromatic rings. The molecule has 0 aliphatic carbocycles. The lowest BCUT2D eigenvalue weighted by atomic mass is 9.95. The molecule has 0 unspecified atom stereocenters. The minimum atomic E-state index is -0.614. The van der Waals surface area contributed by atoms with Gasteiger partial charge in [-0.25, -0.2) is 10.2 Å². The highest BCUT2D eigenvalue weighted by molar-refractivity contribution is 7.80. The van der Waals surface area contributed by atoms with Crippen LogP contribution in [-0.2, 0) is 14.3 Å². The van der Waals surface area contributed by atoms with Gasteiger partial charge in [0.15, 0.2) is 23.2 Å². The van der Waals surface area contributed by atoms with E-state index in [2.05, 4.69) is 21.2 Å². The van der Waals surface area contributed by atoms with E-state index in [0.717, 1.165) is 5.56 Å². The third kappa shape index (κ3) is 8.18. The lowest BCUT2D eigenvalue weighted by molar-refractivity contribution is -0.139. The fourth-order valence-electron chi connectivity index (χ4n) is 3.84. The zero-order valence-corrected chi connectivity index (χ0v) is 23.5. The molecule has 1 amide bonds. The predicted molar refractivity (Wildman–Crippen MR) is 152 cm³/mol. The third-order valence-corrected chi connectivity index (χ3v) is 5.61. The third-order valence-electron chi connectivity index (χ3n) is 5.39. The largest absolute Gasteiger partial charge is 0.490 e. The van der Waals surface area contributed by atoms with Crippen LogP contribution in [0.25, 0.3) is 0 Å². The fourth-order valence-corrected chi connectivity index (χ4v) is 4.11. The highest BCUT2D eigenvalue weighted by atomic mass is 32.1. The van der Waals surface area contributed by atoms with Crippen LogP contribution < -0.4 is 30.3 Å². The van der Waals surface area contributed by atoms with E-state index in [9.17, 15) is 9.59 Å². The minimum absolute atomic E-state index is 0.00657. The number of rotatable bonds is 12. The van der Waals surface area contributed by atoms with Crippen LogP contribution in [0.3, 0.4) is 0 Å². The van der Waals surface area contributed by atoms with Gasteiger partial charge in [-0.2, -0.15) is 5.10 Å². The maximum Gasteiger partial charge on any atom is 0.338 e. The molecule has 0 radical (unpaired) electrons. The molecule has 3 rings (SSSR count). The second kappa shape index (κ2) is 14.1. The molecule has 10 nitrogen and oxygen atoms in total. The average Bonchev–Trinajstić information content (AvgIpc) is 2.88. The van der Waals surface area contributed by atoms with Crippen molar-refractivity contribution in [3.8, 4) is 17.2 Å². The summed E-state index contributed by atoms with van der Waals surface area (Å²) in [6, 6.07) is 11.9. The van der Waals surface area contributed by atoms with Crippen molar-refractivity contribution in [2.24, 2.45) is 5.10 Å². The molecule has 11 heteroatoms. The second-order valence-electron chi connectivity index (χ2n) is 8.72. The number of hydrogen-bond acceptors (Lipinski definition) is 8. The quantitative estimate of drug-likeness (QED) is 0.156. The summed E-state index contributed by atoms with van der Waals surface area (Å²) in [4.78, 5) is 25.2. The zero-order valence-electron chi connectivity index (χ0n) is 22.7. The Morgan fingerprint density at radius 3 is 2.56 bits per heavy atom. The minimum Gasteiger partial charge on any atom is -0.490 e. The van der Waals surface area contributed by atoms with E-state index >= 15 is 0 Å². The standard InChI is InChI=1S/C28H34N4O6S/c1-6-35-23-14-19(12-13-22(23)38-17(3)4)15-29-32-24(33)16-37-21-11-9-8-10-20(21)26-25(27(34)36-7-2)18(5)30-28(39)31-26/h8-15,17,26H,6-7,16H2,1-5H3,(H,32,33)(H2,30,31,39)/t26-/m0/s1. The van der Waals surface area contributed by atoms with Crippen LogP contribution in [0.15, 0.2) is 58.8 Å². The fraction of sp³-hybridized carbons (Fsp3) is 0.357. The first-order valence-corrected chi connectivity index (χ1v) is 13.1. The zero-order chi connectivity index (χ0) is 28.4. The number of carbonyl (C=O) groups excluding carboxylic acids is 2. The van der Waals surface area contributed by atoms with Crippen LogP contribution in [-0.4, -0.2) is 49.1 Å². The molecule has 1 atom stereocenters. The summed E-state index contributed by atoms with van der Waals surface area (Å²) in [6.45, 7) is 9.68. The Bertz CT molecular complexity index is 1260. The lowest BCUT2D eigenvalue weighted by Crippen LogP contribution is -2.45. The van der Waals surface area contributed by atoms with Gasteiger partial charge in [0.1, 0.15) is 5.75 Å². The lowest BCUT2D eigenvalue weighted by Gasteiger charge is -2.30. The number of para-hydroxylation sites is 1. The Labute approximate surface area is 233 Å². The van der Waals surface area contributed by atoms with Crippen molar-refractivity contribution >= 4 is 35.4 Å². The Hall–Kier alpha value is -4.12. The number of allylic oxidation sites excluding steroid dienone is 1. The van der Waals surface area contributed by atoms with E-state index in [-0.39, 0.29) is 19.3 Å². The molecule has 0 aromatic heterocycles. The monoisotopic (exact) mass is 554 g/mol. The number of ether oxygens (including phenoxy) is 4. The van der Waals surface area contributed by atoms with Gasteiger partial charge >= 0.3 is 5.97 Å². The van der Waals surface area contributed by atoms with E-state index in [0.29, 0.717) is 45.8 Å². The Kier molecular flexibility index (Phi) is 10.7. The van der Waals surface area contributed by atoms with Crippen LogP contribution in [0.1, 0.15) is 51.8 Å². The molecule has 0 saturated heterocycles. The number of thiocarbonyl (C=S) groups is 1.